The number of alkyl halides is 2. The van der Waals surface area contributed by atoms with E-state index in [-0.39, 0.29) is 11.8 Å². The maximum Gasteiger partial charge on any atom is 0.387 e. The lowest BCUT2D eigenvalue weighted by molar-refractivity contribution is -0.0498. The van der Waals surface area contributed by atoms with Gasteiger partial charge in [0.15, 0.2) is 0 Å². The normalized spacial score (nSPS) is 12.4. The van der Waals surface area contributed by atoms with E-state index in [4.69, 9.17) is 0 Å². The molecule has 0 saturated carbocycles. The van der Waals surface area contributed by atoms with E-state index in [2.05, 4.69) is 15.0 Å². The molecule has 0 aliphatic carbocycles. The topological polar surface area (TPSA) is 34.1 Å². The largest absolute Gasteiger partial charge is 0.435 e. The summed E-state index contributed by atoms with van der Waals surface area (Å²) in [4.78, 5) is 4.07. The highest BCUT2D eigenvalue weighted by Gasteiger charge is 2.06. The molecular formula is C15H16F2N2O. The number of halogens is 2. The summed E-state index contributed by atoms with van der Waals surface area (Å²) >= 11 is 0. The number of nitrogens with one attached hydrogen (secondary N) is 1. The standard InChI is InChI=1S/C15H16F2N2O/c1-11(13-3-2-8-18-10-13)19-9-12-4-6-14(7-5-12)20-15(16)17/h2-8,10-11,15,19H,9H2,1H3/t11-/m1/s1. The van der Waals surface area contributed by atoms with Gasteiger partial charge in [0.25, 0.3) is 0 Å². The molecule has 1 heterocycles. The van der Waals surface area contributed by atoms with Crippen LogP contribution in [0.3, 0.4) is 0 Å². The van der Waals surface area contributed by atoms with Crippen molar-refractivity contribution in [2.45, 2.75) is 26.1 Å². The molecule has 0 amide bonds. The van der Waals surface area contributed by atoms with Gasteiger partial charge in [-0.2, -0.15) is 8.78 Å². The summed E-state index contributed by atoms with van der Waals surface area (Å²) in [5.41, 5.74) is 2.10. The Bertz CT molecular complexity index is 517. The summed E-state index contributed by atoms with van der Waals surface area (Å²) in [7, 11) is 0. The zero-order valence-corrected chi connectivity index (χ0v) is 11.1. The second kappa shape index (κ2) is 6.96. The fraction of sp³-hybridized carbons (Fsp3) is 0.267. The highest BCUT2D eigenvalue weighted by Crippen LogP contribution is 2.16. The molecule has 0 spiro atoms. The maximum atomic E-state index is 12.0. The van der Waals surface area contributed by atoms with Crippen LogP contribution in [0.1, 0.15) is 24.1 Å². The molecule has 2 rings (SSSR count). The highest BCUT2D eigenvalue weighted by molar-refractivity contribution is 5.27. The van der Waals surface area contributed by atoms with Crippen molar-refractivity contribution >= 4 is 0 Å². The summed E-state index contributed by atoms with van der Waals surface area (Å²) in [5.74, 6) is 0.170. The zero-order valence-electron chi connectivity index (χ0n) is 11.1. The molecule has 0 aliphatic rings. The number of nitrogens with zero attached hydrogens (tertiary/aromatic N) is 1. The Labute approximate surface area is 116 Å². The van der Waals surface area contributed by atoms with E-state index >= 15 is 0 Å². The first-order valence-electron chi connectivity index (χ1n) is 6.32. The molecule has 106 valence electrons. The molecule has 5 heteroatoms. The molecule has 1 atom stereocenters. The first kappa shape index (κ1) is 14.4. The van der Waals surface area contributed by atoms with Crippen molar-refractivity contribution in [3.8, 4) is 5.75 Å². The lowest BCUT2D eigenvalue weighted by Gasteiger charge is -2.14. The van der Waals surface area contributed by atoms with Gasteiger partial charge in [-0.15, -0.1) is 0 Å². The van der Waals surface area contributed by atoms with Gasteiger partial charge < -0.3 is 10.1 Å². The van der Waals surface area contributed by atoms with Gasteiger partial charge >= 0.3 is 6.61 Å². The fourth-order valence-electron chi connectivity index (χ4n) is 1.81. The van der Waals surface area contributed by atoms with Crippen LogP contribution in [0, 0.1) is 0 Å². The highest BCUT2D eigenvalue weighted by atomic mass is 19.3. The number of hydrogen-bond acceptors (Lipinski definition) is 3. The average Bonchev–Trinajstić information content (AvgIpc) is 2.46. The van der Waals surface area contributed by atoms with Gasteiger partial charge in [-0.3, -0.25) is 4.98 Å². The summed E-state index contributed by atoms with van der Waals surface area (Å²) in [6.45, 7) is -0.0966. The van der Waals surface area contributed by atoms with Crippen LogP contribution in [-0.4, -0.2) is 11.6 Å². The van der Waals surface area contributed by atoms with Gasteiger partial charge in [-0.05, 0) is 36.2 Å². The van der Waals surface area contributed by atoms with Crippen LogP contribution in [0.4, 0.5) is 8.78 Å². The summed E-state index contributed by atoms with van der Waals surface area (Å²) < 4.78 is 28.3. The minimum absolute atomic E-state index is 0.167. The van der Waals surface area contributed by atoms with Gasteiger partial charge in [-0.1, -0.05) is 18.2 Å². The van der Waals surface area contributed by atoms with Gasteiger partial charge in [0, 0.05) is 25.0 Å². The Morgan fingerprint density at radius 3 is 2.55 bits per heavy atom. The Hall–Kier alpha value is -2.01. The number of aromatic nitrogens is 1. The first-order chi connectivity index (χ1) is 9.65. The van der Waals surface area contributed by atoms with E-state index in [0.29, 0.717) is 6.54 Å². The molecule has 20 heavy (non-hydrogen) atoms. The lowest BCUT2D eigenvalue weighted by Crippen LogP contribution is -2.18. The maximum absolute atomic E-state index is 12.0. The number of pyridine rings is 1. The molecule has 3 nitrogen and oxygen atoms in total. The van der Waals surface area contributed by atoms with E-state index in [9.17, 15) is 8.78 Å². The third kappa shape index (κ3) is 4.28. The smallest absolute Gasteiger partial charge is 0.387 e. The monoisotopic (exact) mass is 278 g/mol. The summed E-state index contributed by atoms with van der Waals surface area (Å²) in [5, 5.41) is 3.35. The number of rotatable bonds is 6. The minimum atomic E-state index is -2.79. The molecular weight excluding hydrogens is 262 g/mol. The molecule has 0 unspecified atom stereocenters. The van der Waals surface area contributed by atoms with Crippen molar-refractivity contribution in [2.24, 2.45) is 0 Å². The van der Waals surface area contributed by atoms with Crippen molar-refractivity contribution in [2.75, 3.05) is 0 Å². The van der Waals surface area contributed by atoms with Crippen LogP contribution in [0.25, 0.3) is 0 Å². The summed E-state index contributed by atoms with van der Waals surface area (Å²) in [6.07, 6.45) is 3.55. The molecule has 0 fully saturated rings. The third-order valence-corrected chi connectivity index (χ3v) is 2.95. The first-order valence-corrected chi connectivity index (χ1v) is 6.32. The van der Waals surface area contributed by atoms with Crippen molar-refractivity contribution < 1.29 is 13.5 Å². The average molecular weight is 278 g/mol. The van der Waals surface area contributed by atoms with Crippen LogP contribution in [0.15, 0.2) is 48.8 Å². The van der Waals surface area contributed by atoms with Crippen molar-refractivity contribution in [3.63, 3.8) is 0 Å². The van der Waals surface area contributed by atoms with Crippen LogP contribution < -0.4 is 10.1 Å². The van der Waals surface area contributed by atoms with Gasteiger partial charge in [-0.25, -0.2) is 0 Å². The van der Waals surface area contributed by atoms with Crippen molar-refractivity contribution in [1.29, 1.82) is 0 Å². The number of ether oxygens (including phenoxy) is 1. The van der Waals surface area contributed by atoms with Crippen LogP contribution in [-0.2, 0) is 6.54 Å². The second-order valence-electron chi connectivity index (χ2n) is 4.41. The van der Waals surface area contributed by atoms with E-state index in [1.807, 2.05) is 25.3 Å². The third-order valence-electron chi connectivity index (χ3n) is 2.95. The molecule has 0 radical (unpaired) electrons. The van der Waals surface area contributed by atoms with E-state index in [1.54, 1.807) is 18.3 Å². The van der Waals surface area contributed by atoms with E-state index in [0.717, 1.165) is 11.1 Å². The Morgan fingerprint density at radius 1 is 1.20 bits per heavy atom. The zero-order chi connectivity index (χ0) is 14.4. The molecule has 2 aromatic rings. The molecule has 0 bridgehead atoms. The van der Waals surface area contributed by atoms with Crippen molar-refractivity contribution in [1.82, 2.24) is 10.3 Å². The second-order valence-corrected chi connectivity index (χ2v) is 4.41. The molecule has 0 saturated heterocycles. The molecule has 0 aliphatic heterocycles. The van der Waals surface area contributed by atoms with Crippen LogP contribution >= 0.6 is 0 Å². The van der Waals surface area contributed by atoms with E-state index < -0.39 is 6.61 Å². The molecule has 1 aromatic carbocycles. The van der Waals surface area contributed by atoms with E-state index in [1.165, 1.54) is 12.1 Å². The minimum Gasteiger partial charge on any atom is -0.435 e. The number of hydrogen-bond donors (Lipinski definition) is 1. The van der Waals surface area contributed by atoms with Crippen LogP contribution in [0.2, 0.25) is 0 Å². The predicted octanol–water partition coefficient (Wildman–Crippen LogP) is 3.53. The molecule has 1 aromatic heterocycles. The predicted molar refractivity (Wildman–Crippen MR) is 72.6 cm³/mol. The van der Waals surface area contributed by atoms with Crippen LogP contribution in [0.5, 0.6) is 5.75 Å². The Kier molecular flexibility index (Phi) is 5.01. The van der Waals surface area contributed by atoms with Gasteiger partial charge in [0.1, 0.15) is 5.75 Å². The summed E-state index contributed by atoms with van der Waals surface area (Å²) in [6, 6.07) is 10.7. The lowest BCUT2D eigenvalue weighted by atomic mass is 10.1. The quantitative estimate of drug-likeness (QED) is 0.877. The number of benzene rings is 1. The van der Waals surface area contributed by atoms with Crippen molar-refractivity contribution in [3.05, 3.63) is 59.9 Å². The molecule has 1 N–H and O–H groups in total. The Morgan fingerprint density at radius 2 is 1.95 bits per heavy atom. The van der Waals surface area contributed by atoms with Gasteiger partial charge in [0.05, 0.1) is 0 Å². The Balaban J connectivity index is 1.88. The van der Waals surface area contributed by atoms with Gasteiger partial charge in [0.2, 0.25) is 0 Å². The SMILES string of the molecule is C[C@@H](NCc1ccc(OC(F)F)cc1)c1cccnc1. The fourth-order valence-corrected chi connectivity index (χ4v) is 1.81.